The molecule has 2 aromatic rings. The smallest absolute Gasteiger partial charge is 0.127 e. The average molecular weight is 272 g/mol. The van der Waals surface area contributed by atoms with Crippen LogP contribution in [0, 0.1) is 6.92 Å². The topological polar surface area (TPSA) is 43.4 Å². The van der Waals surface area contributed by atoms with Gasteiger partial charge in [-0.05, 0) is 24.1 Å². The normalized spacial score (nSPS) is 10.3. The molecule has 0 aliphatic rings. The van der Waals surface area contributed by atoms with Gasteiger partial charge in [0.2, 0.25) is 0 Å². The molecule has 0 amide bonds. The molecule has 1 heterocycles. The average Bonchev–Trinajstić information content (AvgIpc) is 2.47. The first-order chi connectivity index (χ1) is 9.72. The Kier molecular flexibility index (Phi) is 4.96. The minimum atomic E-state index is 0.737. The standard InChI is InChI=1S/C16H20N2O2/c1-12-6-13(9-17-8-12)10-18-11-14-4-5-15(19-2)7-16(14)20-3/h4-9,18H,10-11H2,1-3H3. The fourth-order valence-electron chi connectivity index (χ4n) is 2.05. The monoisotopic (exact) mass is 272 g/mol. The van der Waals surface area contributed by atoms with Gasteiger partial charge in [0.1, 0.15) is 11.5 Å². The molecular weight excluding hydrogens is 252 g/mol. The van der Waals surface area contributed by atoms with E-state index in [2.05, 4.69) is 16.4 Å². The summed E-state index contributed by atoms with van der Waals surface area (Å²) in [7, 11) is 3.32. The van der Waals surface area contributed by atoms with Crippen LogP contribution in [0.15, 0.2) is 36.7 Å². The van der Waals surface area contributed by atoms with E-state index in [-0.39, 0.29) is 0 Å². The highest BCUT2D eigenvalue weighted by Crippen LogP contribution is 2.24. The summed E-state index contributed by atoms with van der Waals surface area (Å²) in [5, 5.41) is 3.40. The molecule has 0 bridgehead atoms. The van der Waals surface area contributed by atoms with E-state index in [9.17, 15) is 0 Å². The fourth-order valence-corrected chi connectivity index (χ4v) is 2.05. The lowest BCUT2D eigenvalue weighted by Crippen LogP contribution is -2.13. The molecule has 0 aliphatic carbocycles. The highest BCUT2D eigenvalue weighted by molar-refractivity contribution is 5.40. The molecule has 20 heavy (non-hydrogen) atoms. The van der Waals surface area contributed by atoms with Crippen LogP contribution in [0.3, 0.4) is 0 Å². The van der Waals surface area contributed by atoms with Gasteiger partial charge in [0.15, 0.2) is 0 Å². The molecule has 0 spiro atoms. The van der Waals surface area contributed by atoms with Crippen molar-refractivity contribution in [3.8, 4) is 11.5 Å². The molecule has 106 valence electrons. The van der Waals surface area contributed by atoms with Gasteiger partial charge in [-0.25, -0.2) is 0 Å². The summed E-state index contributed by atoms with van der Waals surface area (Å²) in [4.78, 5) is 4.19. The Labute approximate surface area is 119 Å². The molecule has 0 fully saturated rings. The summed E-state index contributed by atoms with van der Waals surface area (Å²) in [6, 6.07) is 7.98. The van der Waals surface area contributed by atoms with Crippen LogP contribution in [0.5, 0.6) is 11.5 Å². The lowest BCUT2D eigenvalue weighted by Gasteiger charge is -2.11. The van der Waals surface area contributed by atoms with Crippen molar-refractivity contribution in [1.29, 1.82) is 0 Å². The van der Waals surface area contributed by atoms with Gasteiger partial charge in [0, 0.05) is 37.1 Å². The summed E-state index contributed by atoms with van der Waals surface area (Å²) < 4.78 is 10.6. The molecule has 0 saturated heterocycles. The second-order valence-electron chi connectivity index (χ2n) is 4.65. The molecular formula is C16H20N2O2. The lowest BCUT2D eigenvalue weighted by molar-refractivity contribution is 0.390. The highest BCUT2D eigenvalue weighted by atomic mass is 16.5. The predicted octanol–water partition coefficient (Wildman–Crippen LogP) is 2.70. The van der Waals surface area contributed by atoms with E-state index in [0.29, 0.717) is 0 Å². The minimum Gasteiger partial charge on any atom is -0.497 e. The van der Waals surface area contributed by atoms with Gasteiger partial charge >= 0.3 is 0 Å². The number of aromatic nitrogens is 1. The molecule has 4 nitrogen and oxygen atoms in total. The fraction of sp³-hybridized carbons (Fsp3) is 0.312. The lowest BCUT2D eigenvalue weighted by atomic mass is 10.1. The van der Waals surface area contributed by atoms with Gasteiger partial charge < -0.3 is 14.8 Å². The van der Waals surface area contributed by atoms with Crippen LogP contribution >= 0.6 is 0 Å². The number of hydrogen-bond donors (Lipinski definition) is 1. The maximum Gasteiger partial charge on any atom is 0.127 e. The van der Waals surface area contributed by atoms with Crippen LogP contribution < -0.4 is 14.8 Å². The van der Waals surface area contributed by atoms with Gasteiger partial charge in [-0.3, -0.25) is 4.98 Å². The third-order valence-electron chi connectivity index (χ3n) is 3.07. The number of hydrogen-bond acceptors (Lipinski definition) is 4. The van der Waals surface area contributed by atoms with Gasteiger partial charge in [0.05, 0.1) is 14.2 Å². The maximum atomic E-state index is 5.38. The Balaban J connectivity index is 1.97. The van der Waals surface area contributed by atoms with Crippen molar-refractivity contribution >= 4 is 0 Å². The summed E-state index contributed by atoms with van der Waals surface area (Å²) >= 11 is 0. The molecule has 0 saturated carbocycles. The van der Waals surface area contributed by atoms with Crippen molar-refractivity contribution < 1.29 is 9.47 Å². The van der Waals surface area contributed by atoms with Crippen LogP contribution in [-0.2, 0) is 13.1 Å². The van der Waals surface area contributed by atoms with Crippen molar-refractivity contribution in [1.82, 2.24) is 10.3 Å². The third kappa shape index (κ3) is 3.71. The third-order valence-corrected chi connectivity index (χ3v) is 3.07. The molecule has 0 atom stereocenters. The number of nitrogens with one attached hydrogen (secondary N) is 1. The van der Waals surface area contributed by atoms with E-state index in [1.165, 1.54) is 11.1 Å². The van der Waals surface area contributed by atoms with E-state index in [1.807, 2.05) is 37.5 Å². The van der Waals surface area contributed by atoms with Crippen molar-refractivity contribution in [3.63, 3.8) is 0 Å². The maximum absolute atomic E-state index is 5.38. The van der Waals surface area contributed by atoms with E-state index in [4.69, 9.17) is 9.47 Å². The second kappa shape index (κ2) is 6.91. The largest absolute Gasteiger partial charge is 0.497 e. The zero-order valence-electron chi connectivity index (χ0n) is 12.1. The predicted molar refractivity (Wildman–Crippen MR) is 79.1 cm³/mol. The molecule has 0 aliphatic heterocycles. The molecule has 2 rings (SSSR count). The van der Waals surface area contributed by atoms with Gasteiger partial charge in [-0.1, -0.05) is 12.1 Å². The van der Waals surface area contributed by atoms with E-state index >= 15 is 0 Å². The molecule has 1 aromatic carbocycles. The Morgan fingerprint density at radius 2 is 1.90 bits per heavy atom. The number of ether oxygens (including phenoxy) is 2. The summed E-state index contributed by atoms with van der Waals surface area (Å²) in [5.41, 5.74) is 3.46. The van der Waals surface area contributed by atoms with Crippen LogP contribution in [0.4, 0.5) is 0 Å². The van der Waals surface area contributed by atoms with E-state index in [0.717, 1.165) is 30.2 Å². The molecule has 1 N–H and O–H groups in total. The quantitative estimate of drug-likeness (QED) is 0.878. The number of rotatable bonds is 6. The number of aryl methyl sites for hydroxylation is 1. The first kappa shape index (κ1) is 14.3. The SMILES string of the molecule is COc1ccc(CNCc2cncc(C)c2)c(OC)c1. The Bertz CT molecular complexity index is 570. The van der Waals surface area contributed by atoms with Gasteiger partial charge in [-0.2, -0.15) is 0 Å². The van der Waals surface area contributed by atoms with Crippen molar-refractivity contribution in [3.05, 3.63) is 53.3 Å². The number of benzene rings is 1. The van der Waals surface area contributed by atoms with Crippen LogP contribution in [0.2, 0.25) is 0 Å². The van der Waals surface area contributed by atoms with Crippen molar-refractivity contribution in [2.75, 3.05) is 14.2 Å². The summed E-state index contributed by atoms with van der Waals surface area (Å²) in [6.07, 6.45) is 3.74. The zero-order valence-corrected chi connectivity index (χ0v) is 12.1. The molecule has 0 radical (unpaired) electrons. The molecule has 1 aromatic heterocycles. The van der Waals surface area contributed by atoms with Crippen molar-refractivity contribution in [2.24, 2.45) is 0 Å². The summed E-state index contributed by atoms with van der Waals surface area (Å²) in [6.45, 7) is 3.56. The summed E-state index contributed by atoms with van der Waals surface area (Å²) in [5.74, 6) is 1.63. The number of pyridine rings is 1. The van der Waals surface area contributed by atoms with E-state index in [1.54, 1.807) is 14.2 Å². The number of methoxy groups -OCH3 is 2. The first-order valence-electron chi connectivity index (χ1n) is 6.55. The van der Waals surface area contributed by atoms with Crippen molar-refractivity contribution in [2.45, 2.75) is 20.0 Å². The van der Waals surface area contributed by atoms with Crippen LogP contribution in [0.1, 0.15) is 16.7 Å². The van der Waals surface area contributed by atoms with Gasteiger partial charge in [0.25, 0.3) is 0 Å². The zero-order chi connectivity index (χ0) is 14.4. The molecule has 4 heteroatoms. The van der Waals surface area contributed by atoms with E-state index < -0.39 is 0 Å². The van der Waals surface area contributed by atoms with Crippen LogP contribution in [0.25, 0.3) is 0 Å². The minimum absolute atomic E-state index is 0.737. The van der Waals surface area contributed by atoms with Gasteiger partial charge in [-0.15, -0.1) is 0 Å². The van der Waals surface area contributed by atoms with Crippen LogP contribution in [-0.4, -0.2) is 19.2 Å². The highest BCUT2D eigenvalue weighted by Gasteiger charge is 2.04. The Morgan fingerprint density at radius 1 is 1.05 bits per heavy atom. The second-order valence-corrected chi connectivity index (χ2v) is 4.65. The molecule has 0 unspecified atom stereocenters. The Morgan fingerprint density at radius 3 is 2.60 bits per heavy atom. The Hall–Kier alpha value is -2.07. The first-order valence-corrected chi connectivity index (χ1v) is 6.55. The number of nitrogens with zero attached hydrogens (tertiary/aromatic N) is 1.